The number of carbonyl (C=O) groups excluding carboxylic acids is 2. The van der Waals surface area contributed by atoms with Crippen LogP contribution in [0.15, 0.2) is 53.3 Å². The number of esters is 1. The molecule has 0 aliphatic rings. The summed E-state index contributed by atoms with van der Waals surface area (Å²) >= 11 is 0. The third-order valence-corrected chi connectivity index (χ3v) is 4.03. The summed E-state index contributed by atoms with van der Waals surface area (Å²) in [6.07, 6.45) is 1.86. The van der Waals surface area contributed by atoms with Gasteiger partial charge in [-0.15, -0.1) is 0 Å². The number of nitrogens with zero attached hydrogens (tertiary/aromatic N) is 3. The molecule has 1 amide bonds. The van der Waals surface area contributed by atoms with E-state index in [1.54, 1.807) is 25.1 Å². The van der Waals surface area contributed by atoms with Gasteiger partial charge in [-0.3, -0.25) is 19.9 Å². The summed E-state index contributed by atoms with van der Waals surface area (Å²) in [5.41, 5.74) is 0.682. The summed E-state index contributed by atoms with van der Waals surface area (Å²) in [7, 11) is 0. The number of hydrogen-bond donors (Lipinski definition) is 1. The quantitative estimate of drug-likeness (QED) is 0.381. The highest BCUT2D eigenvalue weighted by molar-refractivity contribution is 6.01. The Hall–Kier alpha value is -4.08. The van der Waals surface area contributed by atoms with E-state index < -0.39 is 22.9 Å². The number of benzene rings is 1. The minimum atomic E-state index is -1.22. The first-order valence-corrected chi connectivity index (χ1v) is 8.50. The molecule has 10 nitrogen and oxygen atoms in total. The lowest BCUT2D eigenvalue weighted by Crippen LogP contribution is -2.30. The number of pyridine rings is 1. The van der Waals surface area contributed by atoms with E-state index in [9.17, 15) is 19.7 Å². The van der Waals surface area contributed by atoms with Gasteiger partial charge < -0.3 is 14.6 Å². The summed E-state index contributed by atoms with van der Waals surface area (Å²) < 4.78 is 10.3. The fourth-order valence-corrected chi connectivity index (χ4v) is 2.57. The number of amides is 1. The third-order valence-electron chi connectivity index (χ3n) is 4.03. The molecule has 0 saturated carbocycles. The SMILES string of the molecule is Cc1onc(-c2ccncc2)c1C(=O)OC(C)C(=O)Nc1ccccc1[N+](=O)[O-]. The van der Waals surface area contributed by atoms with Crippen LogP contribution in [-0.4, -0.2) is 33.0 Å². The normalized spacial score (nSPS) is 11.5. The van der Waals surface area contributed by atoms with Gasteiger partial charge in [0.1, 0.15) is 22.7 Å². The van der Waals surface area contributed by atoms with E-state index >= 15 is 0 Å². The van der Waals surface area contributed by atoms with Crippen LogP contribution in [0.25, 0.3) is 11.3 Å². The molecule has 0 spiro atoms. The van der Waals surface area contributed by atoms with Crippen molar-refractivity contribution in [1.29, 1.82) is 0 Å². The number of anilines is 1. The number of ether oxygens (including phenoxy) is 1. The maximum Gasteiger partial charge on any atom is 0.344 e. The highest BCUT2D eigenvalue weighted by Gasteiger charge is 2.27. The Bertz CT molecular complexity index is 1060. The standard InChI is InChI=1S/C19H16N4O6/c1-11-16(17(22-29-11)13-7-9-20-10-8-13)19(25)28-12(2)18(24)21-14-5-3-4-6-15(14)23(26)27/h3-10,12H,1-2H3,(H,21,24). The van der Waals surface area contributed by atoms with Crippen LogP contribution in [0.1, 0.15) is 23.0 Å². The third kappa shape index (κ3) is 4.26. The molecule has 0 aliphatic carbocycles. The topological polar surface area (TPSA) is 137 Å². The van der Waals surface area contributed by atoms with Crippen LogP contribution >= 0.6 is 0 Å². The number of nitro benzene ring substituents is 1. The number of nitro groups is 1. The van der Waals surface area contributed by atoms with E-state index in [0.717, 1.165) is 0 Å². The molecule has 2 heterocycles. The first-order chi connectivity index (χ1) is 13.9. The summed E-state index contributed by atoms with van der Waals surface area (Å²) in [5, 5.41) is 17.3. The second-order valence-corrected chi connectivity index (χ2v) is 6.01. The van der Waals surface area contributed by atoms with Crippen LogP contribution in [0.3, 0.4) is 0 Å². The van der Waals surface area contributed by atoms with Crippen LogP contribution in [0.5, 0.6) is 0 Å². The van der Waals surface area contributed by atoms with Gasteiger partial charge in [0.2, 0.25) is 0 Å². The van der Waals surface area contributed by atoms with Crippen molar-refractivity contribution in [3.05, 3.63) is 70.2 Å². The van der Waals surface area contributed by atoms with Crippen molar-refractivity contribution in [3.63, 3.8) is 0 Å². The molecule has 10 heteroatoms. The highest BCUT2D eigenvalue weighted by Crippen LogP contribution is 2.26. The monoisotopic (exact) mass is 396 g/mol. The van der Waals surface area contributed by atoms with Gasteiger partial charge in [0.15, 0.2) is 6.10 Å². The van der Waals surface area contributed by atoms with E-state index in [4.69, 9.17) is 9.26 Å². The molecular formula is C19H16N4O6. The van der Waals surface area contributed by atoms with E-state index in [2.05, 4.69) is 15.5 Å². The Kier molecular flexibility index (Phi) is 5.63. The zero-order valence-electron chi connectivity index (χ0n) is 15.5. The highest BCUT2D eigenvalue weighted by atomic mass is 16.6. The van der Waals surface area contributed by atoms with Crippen LogP contribution in [0.2, 0.25) is 0 Å². The molecule has 0 saturated heterocycles. The van der Waals surface area contributed by atoms with Gasteiger partial charge in [0.05, 0.1) is 4.92 Å². The van der Waals surface area contributed by atoms with E-state index in [1.807, 2.05) is 0 Å². The van der Waals surface area contributed by atoms with Gasteiger partial charge in [-0.05, 0) is 32.0 Å². The van der Waals surface area contributed by atoms with E-state index in [-0.39, 0.29) is 28.4 Å². The zero-order valence-corrected chi connectivity index (χ0v) is 15.5. The van der Waals surface area contributed by atoms with Crippen molar-refractivity contribution in [2.45, 2.75) is 20.0 Å². The largest absolute Gasteiger partial charge is 0.449 e. The van der Waals surface area contributed by atoms with Crippen molar-refractivity contribution in [2.24, 2.45) is 0 Å². The summed E-state index contributed by atoms with van der Waals surface area (Å²) in [6.45, 7) is 2.91. The van der Waals surface area contributed by atoms with Crippen molar-refractivity contribution in [1.82, 2.24) is 10.1 Å². The number of nitrogens with one attached hydrogen (secondary N) is 1. The van der Waals surface area contributed by atoms with E-state index in [0.29, 0.717) is 5.56 Å². The predicted molar refractivity (Wildman–Crippen MR) is 101 cm³/mol. The molecule has 0 fully saturated rings. The van der Waals surface area contributed by atoms with Crippen molar-refractivity contribution < 1.29 is 23.8 Å². The molecule has 148 valence electrons. The number of para-hydroxylation sites is 2. The molecule has 1 atom stereocenters. The molecule has 3 rings (SSSR count). The maximum absolute atomic E-state index is 12.6. The first kappa shape index (κ1) is 19.7. The average molecular weight is 396 g/mol. The van der Waals surface area contributed by atoms with Gasteiger partial charge in [-0.2, -0.15) is 0 Å². The maximum atomic E-state index is 12.6. The van der Waals surface area contributed by atoms with Crippen LogP contribution in [0, 0.1) is 17.0 Å². The van der Waals surface area contributed by atoms with Gasteiger partial charge in [0.25, 0.3) is 11.6 Å². The molecule has 1 aromatic carbocycles. The minimum absolute atomic E-state index is 0.00373. The van der Waals surface area contributed by atoms with Crippen LogP contribution < -0.4 is 5.32 Å². The number of hydrogen-bond acceptors (Lipinski definition) is 8. The molecule has 0 bridgehead atoms. The fourth-order valence-electron chi connectivity index (χ4n) is 2.57. The lowest BCUT2D eigenvalue weighted by molar-refractivity contribution is -0.383. The molecule has 0 radical (unpaired) electrons. The molecule has 2 aromatic heterocycles. The molecule has 3 aromatic rings. The van der Waals surface area contributed by atoms with Gasteiger partial charge >= 0.3 is 5.97 Å². The molecule has 29 heavy (non-hydrogen) atoms. The second kappa shape index (κ2) is 8.30. The van der Waals surface area contributed by atoms with Gasteiger partial charge in [-0.25, -0.2) is 4.79 Å². The number of rotatable bonds is 6. The number of carbonyl (C=O) groups is 2. The van der Waals surface area contributed by atoms with Crippen LogP contribution in [-0.2, 0) is 9.53 Å². The lowest BCUT2D eigenvalue weighted by atomic mass is 10.1. The van der Waals surface area contributed by atoms with Crippen molar-refractivity contribution >= 4 is 23.3 Å². The Balaban J connectivity index is 1.76. The molecule has 1 N–H and O–H groups in total. The second-order valence-electron chi connectivity index (χ2n) is 6.01. The number of aromatic nitrogens is 2. The Morgan fingerprint density at radius 3 is 2.59 bits per heavy atom. The van der Waals surface area contributed by atoms with E-state index in [1.165, 1.54) is 37.5 Å². The first-order valence-electron chi connectivity index (χ1n) is 8.50. The Morgan fingerprint density at radius 2 is 1.90 bits per heavy atom. The van der Waals surface area contributed by atoms with Gasteiger partial charge in [0, 0.05) is 24.0 Å². The fraction of sp³-hybridized carbons (Fsp3) is 0.158. The zero-order chi connectivity index (χ0) is 21.0. The summed E-state index contributed by atoms with van der Waals surface area (Å²) in [6, 6.07) is 8.97. The molecule has 0 aliphatic heterocycles. The summed E-state index contributed by atoms with van der Waals surface area (Å²) in [4.78, 5) is 39.4. The smallest absolute Gasteiger partial charge is 0.344 e. The van der Waals surface area contributed by atoms with Crippen LogP contribution in [0.4, 0.5) is 11.4 Å². The molecule has 1 unspecified atom stereocenters. The number of aryl methyl sites for hydroxylation is 1. The lowest BCUT2D eigenvalue weighted by Gasteiger charge is -2.13. The van der Waals surface area contributed by atoms with Crippen molar-refractivity contribution in [2.75, 3.05) is 5.32 Å². The average Bonchev–Trinajstić information content (AvgIpc) is 3.10. The Morgan fingerprint density at radius 1 is 1.21 bits per heavy atom. The molecular weight excluding hydrogens is 380 g/mol. The predicted octanol–water partition coefficient (Wildman–Crippen LogP) is 3.14. The summed E-state index contributed by atoms with van der Waals surface area (Å²) in [5.74, 6) is -1.29. The van der Waals surface area contributed by atoms with Crippen molar-refractivity contribution in [3.8, 4) is 11.3 Å². The minimum Gasteiger partial charge on any atom is -0.449 e. The van der Waals surface area contributed by atoms with Gasteiger partial charge in [-0.1, -0.05) is 17.3 Å². The Labute approximate surface area is 164 Å².